The van der Waals surface area contributed by atoms with Gasteiger partial charge in [-0.15, -0.1) is 11.3 Å². The number of pyridine rings is 2. The Balaban J connectivity index is 1.33. The first-order valence-corrected chi connectivity index (χ1v) is 11.4. The lowest BCUT2D eigenvalue weighted by Crippen LogP contribution is -2.44. The standard InChI is InChI=1S/C22H25FN6OS/c1-12-2-4-14-19(24)20(31-22(14)26-12)21(30)27-13-3-5-17-15(10-13)16(23)11-18(28-17)29-8-6-25-7-9-29/h2,4,11,13,25H,3,5-10,24H2,1H3,(H,27,30)/t13-/m0/s1. The highest BCUT2D eigenvalue weighted by atomic mass is 32.1. The van der Waals surface area contributed by atoms with Crippen LogP contribution in [0.25, 0.3) is 10.2 Å². The van der Waals surface area contributed by atoms with E-state index in [2.05, 4.69) is 20.5 Å². The molecule has 3 aromatic heterocycles. The summed E-state index contributed by atoms with van der Waals surface area (Å²) in [6, 6.07) is 5.16. The zero-order valence-electron chi connectivity index (χ0n) is 17.4. The third-order valence-electron chi connectivity index (χ3n) is 6.04. The molecule has 31 heavy (non-hydrogen) atoms. The first-order valence-electron chi connectivity index (χ1n) is 10.6. The molecule has 4 heterocycles. The quantitative estimate of drug-likeness (QED) is 0.579. The van der Waals surface area contributed by atoms with Crippen LogP contribution in [0.5, 0.6) is 0 Å². The molecule has 0 bridgehead atoms. The first-order chi connectivity index (χ1) is 15.0. The molecule has 4 N–H and O–H groups in total. The second-order valence-electron chi connectivity index (χ2n) is 8.19. The number of carbonyl (C=O) groups is 1. The summed E-state index contributed by atoms with van der Waals surface area (Å²) in [5.41, 5.74) is 8.96. The lowest BCUT2D eigenvalue weighted by molar-refractivity contribution is 0.0938. The van der Waals surface area contributed by atoms with E-state index in [-0.39, 0.29) is 17.8 Å². The highest BCUT2D eigenvalue weighted by molar-refractivity contribution is 7.21. The Morgan fingerprint density at radius 1 is 1.32 bits per heavy atom. The molecule has 1 amide bonds. The van der Waals surface area contributed by atoms with Crippen LogP contribution in [0.15, 0.2) is 18.2 Å². The number of aryl methyl sites for hydroxylation is 2. The molecule has 1 atom stereocenters. The van der Waals surface area contributed by atoms with Gasteiger partial charge >= 0.3 is 0 Å². The minimum absolute atomic E-state index is 0.152. The van der Waals surface area contributed by atoms with E-state index in [1.165, 1.54) is 17.4 Å². The van der Waals surface area contributed by atoms with Gasteiger partial charge in [0.2, 0.25) is 0 Å². The number of amides is 1. The third kappa shape index (κ3) is 3.83. The molecule has 2 aliphatic rings. The molecule has 1 fully saturated rings. The van der Waals surface area contributed by atoms with Gasteiger partial charge in [-0.3, -0.25) is 4.79 Å². The van der Waals surface area contributed by atoms with Crippen molar-refractivity contribution in [3.63, 3.8) is 0 Å². The van der Waals surface area contributed by atoms with Gasteiger partial charge in [-0.05, 0) is 38.3 Å². The van der Waals surface area contributed by atoms with Crippen molar-refractivity contribution in [3.05, 3.63) is 45.8 Å². The summed E-state index contributed by atoms with van der Waals surface area (Å²) in [6.07, 6.45) is 1.79. The summed E-state index contributed by atoms with van der Waals surface area (Å²) in [7, 11) is 0. The predicted octanol–water partition coefficient (Wildman–Crippen LogP) is 2.42. The monoisotopic (exact) mass is 440 g/mol. The summed E-state index contributed by atoms with van der Waals surface area (Å²) < 4.78 is 14.9. The average Bonchev–Trinajstić information content (AvgIpc) is 3.10. The lowest BCUT2D eigenvalue weighted by Gasteiger charge is -2.31. The van der Waals surface area contributed by atoms with E-state index in [9.17, 15) is 9.18 Å². The Kier molecular flexibility index (Phi) is 5.23. The van der Waals surface area contributed by atoms with Gasteiger partial charge in [-0.25, -0.2) is 14.4 Å². The van der Waals surface area contributed by atoms with Gasteiger partial charge in [0, 0.05) is 60.6 Å². The van der Waals surface area contributed by atoms with Crippen LogP contribution in [-0.4, -0.2) is 48.1 Å². The van der Waals surface area contributed by atoms with Crippen molar-refractivity contribution in [2.24, 2.45) is 0 Å². The number of aromatic nitrogens is 2. The summed E-state index contributed by atoms with van der Waals surface area (Å²) in [5.74, 6) is 0.247. The number of nitrogens with two attached hydrogens (primary N) is 1. The van der Waals surface area contributed by atoms with Gasteiger partial charge in [0.15, 0.2) is 0 Å². The number of hydrogen-bond donors (Lipinski definition) is 3. The SMILES string of the molecule is Cc1ccc2c(N)c(C(=O)N[C@H]3CCc4nc(N5CCNCC5)cc(F)c4C3)sc2n1. The maximum absolute atomic E-state index is 14.9. The molecule has 0 spiro atoms. The molecular formula is C22H25FN6OS. The number of thiophene rings is 1. The van der Waals surface area contributed by atoms with Gasteiger partial charge in [-0.1, -0.05) is 0 Å². The van der Waals surface area contributed by atoms with Gasteiger partial charge in [-0.2, -0.15) is 0 Å². The molecule has 1 aliphatic carbocycles. The number of nitrogens with zero attached hydrogens (tertiary/aromatic N) is 3. The Bertz CT molecular complexity index is 1160. The first kappa shape index (κ1) is 20.1. The number of halogens is 1. The number of nitrogen functional groups attached to an aromatic ring is 1. The minimum Gasteiger partial charge on any atom is -0.397 e. The fourth-order valence-corrected chi connectivity index (χ4v) is 5.39. The van der Waals surface area contributed by atoms with Crippen molar-refractivity contribution in [3.8, 4) is 0 Å². The number of hydrogen-bond acceptors (Lipinski definition) is 7. The molecule has 0 saturated carbocycles. The number of anilines is 2. The predicted molar refractivity (Wildman–Crippen MR) is 121 cm³/mol. The fourth-order valence-electron chi connectivity index (χ4n) is 4.35. The van der Waals surface area contributed by atoms with E-state index in [0.717, 1.165) is 54.2 Å². The van der Waals surface area contributed by atoms with Gasteiger partial charge in [0.1, 0.15) is 21.3 Å². The van der Waals surface area contributed by atoms with Crippen molar-refractivity contribution < 1.29 is 9.18 Å². The van der Waals surface area contributed by atoms with Crippen molar-refractivity contribution in [1.82, 2.24) is 20.6 Å². The maximum Gasteiger partial charge on any atom is 0.263 e. The Hall–Kier alpha value is -2.78. The Morgan fingerprint density at radius 2 is 2.13 bits per heavy atom. The number of piperazine rings is 1. The molecule has 5 rings (SSSR count). The van der Waals surface area contributed by atoms with Crippen LogP contribution in [0, 0.1) is 12.7 Å². The van der Waals surface area contributed by atoms with Gasteiger partial charge < -0.3 is 21.3 Å². The van der Waals surface area contributed by atoms with Crippen LogP contribution >= 0.6 is 11.3 Å². The van der Waals surface area contributed by atoms with Crippen molar-refractivity contribution in [1.29, 1.82) is 0 Å². The highest BCUT2D eigenvalue weighted by Crippen LogP contribution is 2.33. The van der Waals surface area contributed by atoms with E-state index in [0.29, 0.717) is 34.8 Å². The molecule has 7 nitrogen and oxygen atoms in total. The fraction of sp³-hybridized carbons (Fsp3) is 0.409. The van der Waals surface area contributed by atoms with Crippen molar-refractivity contribution >= 4 is 39.0 Å². The second kappa shape index (κ2) is 8.05. The molecular weight excluding hydrogens is 415 g/mol. The second-order valence-corrected chi connectivity index (χ2v) is 9.19. The van der Waals surface area contributed by atoms with Gasteiger partial charge in [0.05, 0.1) is 5.69 Å². The van der Waals surface area contributed by atoms with Crippen LogP contribution in [0.4, 0.5) is 15.9 Å². The van der Waals surface area contributed by atoms with Crippen LogP contribution in [0.2, 0.25) is 0 Å². The highest BCUT2D eigenvalue weighted by Gasteiger charge is 2.27. The van der Waals surface area contributed by atoms with Crippen LogP contribution in [-0.2, 0) is 12.8 Å². The number of fused-ring (bicyclic) bond motifs is 2. The third-order valence-corrected chi connectivity index (χ3v) is 7.15. The number of rotatable bonds is 3. The molecule has 0 unspecified atom stereocenters. The van der Waals surface area contributed by atoms with E-state index in [4.69, 9.17) is 10.7 Å². The zero-order chi connectivity index (χ0) is 21.5. The van der Waals surface area contributed by atoms with E-state index in [1.54, 1.807) is 0 Å². The summed E-state index contributed by atoms with van der Waals surface area (Å²) >= 11 is 1.30. The molecule has 1 aliphatic heterocycles. The summed E-state index contributed by atoms with van der Waals surface area (Å²) in [6.45, 7) is 5.32. The van der Waals surface area contributed by atoms with Gasteiger partial charge in [0.25, 0.3) is 5.91 Å². The van der Waals surface area contributed by atoms with Crippen LogP contribution in [0.3, 0.4) is 0 Å². The number of nitrogens with one attached hydrogen (secondary N) is 2. The van der Waals surface area contributed by atoms with Crippen molar-refractivity contribution in [2.45, 2.75) is 32.2 Å². The maximum atomic E-state index is 14.9. The van der Waals surface area contributed by atoms with E-state index < -0.39 is 0 Å². The summed E-state index contributed by atoms with van der Waals surface area (Å²) in [4.78, 5) is 25.5. The minimum atomic E-state index is -0.237. The average molecular weight is 441 g/mol. The Labute approximate surface area is 183 Å². The molecule has 3 aromatic rings. The van der Waals surface area contributed by atoms with E-state index in [1.807, 2.05) is 19.1 Å². The smallest absolute Gasteiger partial charge is 0.263 e. The summed E-state index contributed by atoms with van der Waals surface area (Å²) in [5, 5.41) is 7.14. The molecule has 9 heteroatoms. The van der Waals surface area contributed by atoms with Crippen LogP contribution < -0.4 is 21.3 Å². The number of carbonyl (C=O) groups excluding carboxylic acids is 1. The molecule has 0 aromatic carbocycles. The normalized spacial score (nSPS) is 18.8. The molecule has 0 radical (unpaired) electrons. The van der Waals surface area contributed by atoms with Crippen LogP contribution in [0.1, 0.15) is 33.0 Å². The molecule has 1 saturated heterocycles. The molecule has 162 valence electrons. The lowest BCUT2D eigenvalue weighted by atomic mass is 9.91. The Morgan fingerprint density at radius 3 is 2.94 bits per heavy atom. The topological polar surface area (TPSA) is 96.2 Å². The zero-order valence-corrected chi connectivity index (χ0v) is 18.2. The van der Waals surface area contributed by atoms with Crippen molar-refractivity contribution in [2.75, 3.05) is 36.8 Å². The largest absolute Gasteiger partial charge is 0.397 e. The van der Waals surface area contributed by atoms with E-state index >= 15 is 0 Å².